The van der Waals surface area contributed by atoms with Gasteiger partial charge in [-0.2, -0.15) is 0 Å². The van der Waals surface area contributed by atoms with Crippen molar-refractivity contribution in [3.8, 4) is 22.9 Å². The first-order valence-corrected chi connectivity index (χ1v) is 16.2. The van der Waals surface area contributed by atoms with Gasteiger partial charge in [0.15, 0.2) is 18.8 Å². The number of benzene rings is 7. The first-order valence-electron chi connectivity index (χ1n) is 16.2. The predicted octanol–water partition coefficient (Wildman–Crippen LogP) is 8.22. The maximum absolute atomic E-state index is 6.87. The average molecular weight is 608 g/mol. The van der Waals surface area contributed by atoms with E-state index in [0.717, 1.165) is 67.3 Å². The maximum atomic E-state index is 6.87. The molecule has 0 saturated heterocycles. The molecule has 48 heavy (non-hydrogen) atoms. The van der Waals surface area contributed by atoms with E-state index in [0.29, 0.717) is 0 Å². The Morgan fingerprint density at radius 1 is 0.479 bits per heavy atom. The maximum Gasteiger partial charge on any atom is 0.199 e. The van der Waals surface area contributed by atoms with Crippen LogP contribution in [-0.4, -0.2) is 24.3 Å². The second-order valence-corrected chi connectivity index (χ2v) is 12.6. The number of hydrogen-bond donors (Lipinski definition) is 0. The van der Waals surface area contributed by atoms with Crippen LogP contribution in [0.3, 0.4) is 0 Å². The highest BCUT2D eigenvalue weighted by Crippen LogP contribution is 2.51. The molecule has 0 aliphatic carbocycles. The fourth-order valence-corrected chi connectivity index (χ4v) is 8.10. The van der Waals surface area contributed by atoms with E-state index in [1.54, 1.807) is 0 Å². The van der Waals surface area contributed by atoms with Gasteiger partial charge in [0, 0.05) is 44.0 Å². The van der Waals surface area contributed by atoms with Gasteiger partial charge >= 0.3 is 0 Å². The van der Waals surface area contributed by atoms with Gasteiger partial charge in [-0.15, -0.1) is 0 Å². The SMILES string of the molecule is [B]c1cccc2c3ccccc3n(-c3cc(N4c5ccccc5Oc5ccccc54)cc4c3[B]c3cccc5c6ccccc6n-4c35)c12. The molecule has 6 heteroatoms. The molecule has 0 fully saturated rings. The van der Waals surface area contributed by atoms with Crippen molar-refractivity contribution in [2.24, 2.45) is 0 Å². The number of para-hydroxylation sites is 8. The van der Waals surface area contributed by atoms with Gasteiger partial charge in [-0.05, 0) is 54.0 Å². The third kappa shape index (κ3) is 3.36. The van der Waals surface area contributed by atoms with E-state index in [1.165, 1.54) is 32.7 Å². The van der Waals surface area contributed by atoms with Gasteiger partial charge in [0.25, 0.3) is 0 Å². The molecule has 0 N–H and O–H groups in total. The van der Waals surface area contributed by atoms with Crippen LogP contribution in [0, 0.1) is 0 Å². The summed E-state index contributed by atoms with van der Waals surface area (Å²) in [6.45, 7) is 0. The minimum absolute atomic E-state index is 0.745. The molecule has 0 saturated carbocycles. The van der Waals surface area contributed by atoms with E-state index in [4.69, 9.17) is 12.6 Å². The number of aromatic nitrogens is 2. The Hall–Kier alpha value is -6.13. The minimum atomic E-state index is 0.745. The molecule has 0 amide bonds. The summed E-state index contributed by atoms with van der Waals surface area (Å²) in [5.41, 5.74) is 12.8. The van der Waals surface area contributed by atoms with Crippen molar-refractivity contribution in [3.05, 3.63) is 146 Å². The molecule has 11 rings (SSSR count). The zero-order valence-corrected chi connectivity index (χ0v) is 25.8. The lowest BCUT2D eigenvalue weighted by molar-refractivity contribution is 0.477. The lowest BCUT2D eigenvalue weighted by Gasteiger charge is -2.34. The molecule has 7 aromatic carbocycles. The summed E-state index contributed by atoms with van der Waals surface area (Å²) >= 11 is 0. The number of anilines is 3. The van der Waals surface area contributed by atoms with Crippen LogP contribution in [0.25, 0.3) is 55.0 Å². The predicted molar refractivity (Wildman–Crippen MR) is 200 cm³/mol. The van der Waals surface area contributed by atoms with Gasteiger partial charge in [0.1, 0.15) is 7.85 Å². The second-order valence-electron chi connectivity index (χ2n) is 12.6. The summed E-state index contributed by atoms with van der Waals surface area (Å²) in [4.78, 5) is 2.33. The topological polar surface area (TPSA) is 22.3 Å². The largest absolute Gasteiger partial charge is 0.453 e. The zero-order valence-electron chi connectivity index (χ0n) is 25.8. The van der Waals surface area contributed by atoms with Crippen LogP contribution >= 0.6 is 0 Å². The quantitative estimate of drug-likeness (QED) is 0.185. The first-order chi connectivity index (χ1) is 23.7. The molecule has 4 nitrogen and oxygen atoms in total. The van der Waals surface area contributed by atoms with Gasteiger partial charge in [-0.3, -0.25) is 0 Å². The standard InChI is InChI=1S/C42H24B2N3O/c43-30-15-9-13-28-26-11-1-3-17-32(26)46(41(28)30)36-23-25(45-34-19-5-7-21-38(34)48-39-22-8-6-20-35(39)45)24-37-40(36)44-31-16-10-14-29-27-12-2-4-18-33(27)47(37)42(29)31/h1-24H. The van der Waals surface area contributed by atoms with Crippen LogP contribution in [0.15, 0.2) is 146 Å². The molecule has 3 radical (unpaired) electrons. The summed E-state index contributed by atoms with van der Waals surface area (Å²) < 4.78 is 11.3. The van der Waals surface area contributed by atoms with Crippen molar-refractivity contribution in [1.29, 1.82) is 0 Å². The molecule has 2 aromatic heterocycles. The van der Waals surface area contributed by atoms with Crippen LogP contribution in [0.5, 0.6) is 11.5 Å². The van der Waals surface area contributed by atoms with Crippen LogP contribution in [0.4, 0.5) is 17.1 Å². The van der Waals surface area contributed by atoms with Crippen molar-refractivity contribution >= 4 is 92.2 Å². The molecule has 4 heterocycles. The van der Waals surface area contributed by atoms with Gasteiger partial charge in [0.05, 0.1) is 28.1 Å². The van der Waals surface area contributed by atoms with Crippen molar-refractivity contribution in [3.63, 3.8) is 0 Å². The highest BCUT2D eigenvalue weighted by atomic mass is 16.5. The number of ether oxygens (including phenoxy) is 1. The Bertz CT molecular complexity index is 2780. The van der Waals surface area contributed by atoms with E-state index in [-0.39, 0.29) is 0 Å². The molecule has 0 atom stereocenters. The third-order valence-electron chi connectivity index (χ3n) is 10.0. The summed E-state index contributed by atoms with van der Waals surface area (Å²) in [6, 6.07) is 51.4. The van der Waals surface area contributed by atoms with Gasteiger partial charge in [-0.25, -0.2) is 0 Å². The number of rotatable bonds is 2. The van der Waals surface area contributed by atoms with E-state index in [2.05, 4.69) is 131 Å². The molecular weight excluding hydrogens is 584 g/mol. The highest BCUT2D eigenvalue weighted by molar-refractivity contribution is 6.73. The van der Waals surface area contributed by atoms with Gasteiger partial charge < -0.3 is 18.8 Å². The van der Waals surface area contributed by atoms with Gasteiger partial charge in [0.2, 0.25) is 0 Å². The smallest absolute Gasteiger partial charge is 0.199 e. The normalized spacial score (nSPS) is 13.0. The zero-order chi connectivity index (χ0) is 31.5. The fraction of sp³-hybridized carbons (Fsp3) is 0. The number of nitrogens with zero attached hydrogens (tertiary/aromatic N) is 3. The third-order valence-corrected chi connectivity index (χ3v) is 10.0. The first kappa shape index (κ1) is 26.0. The summed E-state index contributed by atoms with van der Waals surface area (Å²) in [6.07, 6.45) is 0. The lowest BCUT2D eigenvalue weighted by Crippen LogP contribution is -2.39. The molecule has 0 spiro atoms. The van der Waals surface area contributed by atoms with Crippen molar-refractivity contribution < 1.29 is 4.74 Å². The van der Waals surface area contributed by atoms with Gasteiger partial charge in [-0.1, -0.05) is 108 Å². The fourth-order valence-electron chi connectivity index (χ4n) is 8.10. The monoisotopic (exact) mass is 608 g/mol. The van der Waals surface area contributed by atoms with Crippen molar-refractivity contribution in [2.45, 2.75) is 0 Å². The highest BCUT2D eigenvalue weighted by Gasteiger charge is 2.31. The molecule has 2 aliphatic rings. The van der Waals surface area contributed by atoms with E-state index in [9.17, 15) is 0 Å². The minimum Gasteiger partial charge on any atom is -0.453 e. The molecule has 219 valence electrons. The molecule has 2 aliphatic heterocycles. The molecule has 9 aromatic rings. The van der Waals surface area contributed by atoms with Crippen LogP contribution in [-0.2, 0) is 0 Å². The summed E-state index contributed by atoms with van der Waals surface area (Å²) in [5, 5.41) is 4.80. The second kappa shape index (κ2) is 9.46. The van der Waals surface area contributed by atoms with Crippen LogP contribution in [0.1, 0.15) is 0 Å². The molecule has 0 unspecified atom stereocenters. The Labute approximate surface area is 278 Å². The Morgan fingerprint density at radius 2 is 1.00 bits per heavy atom. The Kier molecular flexibility index (Phi) is 5.12. The summed E-state index contributed by atoms with van der Waals surface area (Å²) in [5.74, 6) is 1.64. The van der Waals surface area contributed by atoms with Crippen molar-refractivity contribution in [1.82, 2.24) is 9.13 Å². The lowest BCUT2D eigenvalue weighted by atomic mass is 9.60. The van der Waals surface area contributed by atoms with E-state index < -0.39 is 0 Å². The number of hydrogen-bond acceptors (Lipinski definition) is 2. The Balaban J connectivity index is 1.33. The number of fused-ring (bicyclic) bond motifs is 10. The van der Waals surface area contributed by atoms with E-state index in [1.807, 2.05) is 36.4 Å². The van der Waals surface area contributed by atoms with Crippen LogP contribution in [0.2, 0.25) is 0 Å². The van der Waals surface area contributed by atoms with Crippen molar-refractivity contribution in [2.75, 3.05) is 4.90 Å². The summed E-state index contributed by atoms with van der Waals surface area (Å²) in [7, 11) is 9.23. The molecular formula is C42H24B2N3O. The average Bonchev–Trinajstić information content (AvgIpc) is 3.66. The Morgan fingerprint density at radius 3 is 1.67 bits per heavy atom. The van der Waals surface area contributed by atoms with Crippen LogP contribution < -0.4 is 26.0 Å². The molecule has 0 bridgehead atoms. The van der Waals surface area contributed by atoms with E-state index >= 15 is 0 Å².